The summed E-state index contributed by atoms with van der Waals surface area (Å²) in [5.41, 5.74) is 4.91. The number of fused-ring (bicyclic) bond motifs is 1. The topological polar surface area (TPSA) is 60.9 Å². The minimum Gasteiger partial charge on any atom is -0.369 e. The van der Waals surface area contributed by atoms with Gasteiger partial charge >= 0.3 is 0 Å². The Morgan fingerprint density at radius 1 is 0.825 bits per heavy atom. The van der Waals surface area contributed by atoms with Crippen LogP contribution in [0.1, 0.15) is 52.6 Å². The van der Waals surface area contributed by atoms with E-state index in [1.165, 1.54) is 27.5 Å². The molecule has 1 saturated heterocycles. The SMILES string of the molecule is Cc1ccc(N2CCN(Cc3c(C)sc(N4C(=O)c5ccccc5C4=O)c3C(=O)c3ccc(Cl)cc3)CC2)cc1. The number of imide groups is 1. The van der Waals surface area contributed by atoms with Gasteiger partial charge in [0.2, 0.25) is 0 Å². The molecule has 4 aromatic rings. The van der Waals surface area contributed by atoms with Gasteiger partial charge < -0.3 is 4.90 Å². The number of carbonyl (C=O) groups is 3. The Bertz CT molecular complexity index is 1590. The molecule has 0 spiro atoms. The summed E-state index contributed by atoms with van der Waals surface area (Å²) in [5, 5.41) is 0.919. The van der Waals surface area contributed by atoms with E-state index < -0.39 is 11.8 Å². The minimum atomic E-state index is -0.398. The number of piperazine rings is 1. The van der Waals surface area contributed by atoms with E-state index in [1.54, 1.807) is 48.5 Å². The van der Waals surface area contributed by atoms with Crippen molar-refractivity contribution in [1.82, 2.24) is 4.90 Å². The summed E-state index contributed by atoms with van der Waals surface area (Å²) in [6.45, 7) is 8.02. The first-order chi connectivity index (χ1) is 19.3. The van der Waals surface area contributed by atoms with Gasteiger partial charge in [-0.05, 0) is 67.9 Å². The second kappa shape index (κ2) is 10.7. The van der Waals surface area contributed by atoms with Crippen LogP contribution in [0.5, 0.6) is 0 Å². The van der Waals surface area contributed by atoms with Crippen molar-refractivity contribution in [2.45, 2.75) is 20.4 Å². The highest BCUT2D eigenvalue weighted by atomic mass is 35.5. The van der Waals surface area contributed by atoms with Crippen LogP contribution in [0.2, 0.25) is 5.02 Å². The molecule has 2 aliphatic rings. The maximum Gasteiger partial charge on any atom is 0.266 e. The molecule has 1 fully saturated rings. The number of carbonyl (C=O) groups excluding carboxylic acids is 3. The average molecular weight is 570 g/mol. The Labute approximate surface area is 242 Å². The number of benzene rings is 3. The van der Waals surface area contributed by atoms with Crippen molar-refractivity contribution in [3.8, 4) is 0 Å². The zero-order valence-electron chi connectivity index (χ0n) is 22.3. The Hall–Kier alpha value is -3.78. The summed E-state index contributed by atoms with van der Waals surface area (Å²) in [6.07, 6.45) is 0. The summed E-state index contributed by atoms with van der Waals surface area (Å²) in [6, 6.07) is 22.1. The van der Waals surface area contributed by atoms with E-state index in [2.05, 4.69) is 41.0 Å². The zero-order valence-corrected chi connectivity index (χ0v) is 23.9. The molecule has 8 heteroatoms. The third kappa shape index (κ3) is 4.74. The Morgan fingerprint density at radius 2 is 1.43 bits per heavy atom. The molecule has 0 N–H and O–H groups in total. The van der Waals surface area contributed by atoms with Crippen molar-refractivity contribution in [2.75, 3.05) is 36.0 Å². The van der Waals surface area contributed by atoms with E-state index in [-0.39, 0.29) is 5.78 Å². The molecule has 40 heavy (non-hydrogen) atoms. The lowest BCUT2D eigenvalue weighted by molar-refractivity contribution is 0.0927. The van der Waals surface area contributed by atoms with Gasteiger partial charge in [0, 0.05) is 53.9 Å². The van der Waals surface area contributed by atoms with Gasteiger partial charge in [-0.25, -0.2) is 4.90 Å². The Balaban J connectivity index is 1.34. The fourth-order valence-corrected chi connectivity index (χ4v) is 6.69. The maximum atomic E-state index is 14.0. The minimum absolute atomic E-state index is 0.221. The van der Waals surface area contributed by atoms with E-state index >= 15 is 0 Å². The second-order valence-electron chi connectivity index (χ2n) is 10.2. The molecule has 0 unspecified atom stereocenters. The molecule has 6 nitrogen and oxygen atoms in total. The maximum absolute atomic E-state index is 14.0. The third-order valence-corrected chi connectivity index (χ3v) is 9.06. The van der Waals surface area contributed by atoms with E-state index in [4.69, 9.17) is 11.6 Å². The standard InChI is InChI=1S/C32H28ClN3O3S/c1-20-7-13-24(14-8-20)35-17-15-34(16-18-35)19-27-21(2)40-32(28(27)29(37)22-9-11-23(33)12-10-22)36-30(38)25-5-3-4-6-26(25)31(36)39/h3-14H,15-19H2,1-2H3. The van der Waals surface area contributed by atoms with Crippen LogP contribution < -0.4 is 9.80 Å². The summed E-state index contributed by atoms with van der Waals surface area (Å²) in [4.78, 5) is 47.7. The van der Waals surface area contributed by atoms with E-state index in [1.807, 2.05) is 6.92 Å². The molecule has 2 amide bonds. The van der Waals surface area contributed by atoms with E-state index in [0.717, 1.165) is 36.6 Å². The average Bonchev–Trinajstić information content (AvgIpc) is 3.41. The van der Waals surface area contributed by atoms with Gasteiger partial charge in [0.05, 0.1) is 16.7 Å². The predicted octanol–water partition coefficient (Wildman–Crippen LogP) is 6.37. The Kier molecular flexibility index (Phi) is 7.04. The van der Waals surface area contributed by atoms with Gasteiger partial charge in [0.25, 0.3) is 11.8 Å². The number of aryl methyl sites for hydroxylation is 2. The molecule has 2 aliphatic heterocycles. The highest BCUT2D eigenvalue weighted by Gasteiger charge is 2.40. The summed E-state index contributed by atoms with van der Waals surface area (Å²) in [5.74, 6) is -1.02. The number of hydrogen-bond acceptors (Lipinski definition) is 6. The van der Waals surface area contributed by atoms with Gasteiger partial charge in [-0.2, -0.15) is 0 Å². The normalized spacial score (nSPS) is 15.6. The van der Waals surface area contributed by atoms with Crippen molar-refractivity contribution in [1.29, 1.82) is 0 Å². The number of rotatable bonds is 6. The number of amides is 2. The van der Waals surface area contributed by atoms with Crippen molar-refractivity contribution in [3.63, 3.8) is 0 Å². The van der Waals surface area contributed by atoms with Crippen LogP contribution in [0, 0.1) is 13.8 Å². The molecule has 0 atom stereocenters. The quantitative estimate of drug-likeness (QED) is 0.199. The molecule has 202 valence electrons. The van der Waals surface area contributed by atoms with Crippen LogP contribution in [0.4, 0.5) is 10.7 Å². The molecule has 6 rings (SSSR count). The molecular weight excluding hydrogens is 542 g/mol. The second-order valence-corrected chi connectivity index (χ2v) is 11.9. The summed E-state index contributed by atoms with van der Waals surface area (Å²) in [7, 11) is 0. The fourth-order valence-electron chi connectivity index (χ4n) is 5.41. The molecule has 0 radical (unpaired) electrons. The summed E-state index contributed by atoms with van der Waals surface area (Å²) >= 11 is 7.43. The van der Waals surface area contributed by atoms with Crippen LogP contribution >= 0.6 is 22.9 Å². The van der Waals surface area contributed by atoms with Crippen molar-refractivity contribution in [2.24, 2.45) is 0 Å². The lowest BCUT2D eigenvalue weighted by Gasteiger charge is -2.36. The van der Waals surface area contributed by atoms with Gasteiger partial charge in [0.1, 0.15) is 5.00 Å². The van der Waals surface area contributed by atoms with Crippen molar-refractivity contribution >= 4 is 51.2 Å². The number of anilines is 2. The first-order valence-electron chi connectivity index (χ1n) is 13.3. The number of nitrogens with zero attached hydrogens (tertiary/aromatic N) is 3. The van der Waals surface area contributed by atoms with Gasteiger partial charge in [0.15, 0.2) is 5.78 Å². The van der Waals surface area contributed by atoms with E-state index in [9.17, 15) is 14.4 Å². The smallest absolute Gasteiger partial charge is 0.266 e. The number of hydrogen-bond donors (Lipinski definition) is 0. The monoisotopic (exact) mass is 569 g/mol. The fraction of sp³-hybridized carbons (Fsp3) is 0.219. The number of halogens is 1. The number of ketones is 1. The van der Waals surface area contributed by atoms with Gasteiger partial charge in [-0.3, -0.25) is 19.3 Å². The molecule has 0 aliphatic carbocycles. The van der Waals surface area contributed by atoms with Crippen LogP contribution in [0.3, 0.4) is 0 Å². The predicted molar refractivity (Wildman–Crippen MR) is 160 cm³/mol. The van der Waals surface area contributed by atoms with Crippen LogP contribution in [0.15, 0.2) is 72.8 Å². The van der Waals surface area contributed by atoms with Crippen LogP contribution in [-0.4, -0.2) is 48.7 Å². The van der Waals surface area contributed by atoms with Gasteiger partial charge in [-0.15, -0.1) is 11.3 Å². The van der Waals surface area contributed by atoms with Crippen molar-refractivity contribution < 1.29 is 14.4 Å². The van der Waals surface area contributed by atoms with Crippen LogP contribution in [0.25, 0.3) is 0 Å². The highest BCUT2D eigenvalue weighted by molar-refractivity contribution is 7.17. The lowest BCUT2D eigenvalue weighted by atomic mass is 9.99. The first-order valence-corrected chi connectivity index (χ1v) is 14.5. The molecule has 1 aromatic heterocycles. The molecule has 3 heterocycles. The third-order valence-electron chi connectivity index (χ3n) is 7.67. The van der Waals surface area contributed by atoms with Gasteiger partial charge in [-0.1, -0.05) is 41.4 Å². The van der Waals surface area contributed by atoms with Crippen molar-refractivity contribution in [3.05, 3.63) is 116 Å². The number of thiophene rings is 1. The van der Waals surface area contributed by atoms with E-state index in [0.29, 0.717) is 38.8 Å². The lowest BCUT2D eigenvalue weighted by Crippen LogP contribution is -2.46. The van der Waals surface area contributed by atoms with Crippen LogP contribution in [-0.2, 0) is 6.54 Å². The molecular formula is C32H28ClN3O3S. The molecule has 3 aromatic carbocycles. The first kappa shape index (κ1) is 26.4. The Morgan fingerprint density at radius 3 is 2.02 bits per heavy atom. The largest absolute Gasteiger partial charge is 0.369 e. The zero-order chi connectivity index (χ0) is 28.0. The molecule has 0 bridgehead atoms. The summed E-state index contributed by atoms with van der Waals surface area (Å²) < 4.78 is 0. The molecule has 0 saturated carbocycles. The highest BCUT2D eigenvalue weighted by Crippen LogP contribution is 2.41.